The Morgan fingerprint density at radius 3 is 2.42 bits per heavy atom. The zero-order chi connectivity index (χ0) is 8.81. The van der Waals surface area contributed by atoms with Crippen LogP contribution in [0.2, 0.25) is 0 Å². The molecule has 0 bridgehead atoms. The fourth-order valence-electron chi connectivity index (χ4n) is 1.88. The van der Waals surface area contributed by atoms with Crippen molar-refractivity contribution in [1.29, 1.82) is 0 Å². The van der Waals surface area contributed by atoms with Gasteiger partial charge in [-0.15, -0.1) is 0 Å². The van der Waals surface area contributed by atoms with Gasteiger partial charge >= 0.3 is 0 Å². The molecule has 1 heteroatoms. The molecule has 0 aromatic rings. The highest BCUT2D eigenvalue weighted by atomic mass is 15.1. The van der Waals surface area contributed by atoms with Crippen LogP contribution < -0.4 is 0 Å². The average molecular weight is 165 g/mol. The topological polar surface area (TPSA) is 3.24 Å². The monoisotopic (exact) mass is 165 g/mol. The van der Waals surface area contributed by atoms with Gasteiger partial charge in [0, 0.05) is 6.04 Å². The van der Waals surface area contributed by atoms with Gasteiger partial charge in [-0.05, 0) is 32.2 Å². The van der Waals surface area contributed by atoms with Crippen LogP contribution in [0.25, 0.3) is 0 Å². The third-order valence-corrected chi connectivity index (χ3v) is 2.53. The number of rotatable bonds is 3. The summed E-state index contributed by atoms with van der Waals surface area (Å²) in [4.78, 5) is 2.25. The SMILES string of the molecule is C=CN(/C=C\C)C1CCCCC1. The molecule has 0 unspecified atom stereocenters. The highest BCUT2D eigenvalue weighted by Crippen LogP contribution is 2.22. The molecule has 0 heterocycles. The molecule has 0 radical (unpaired) electrons. The van der Waals surface area contributed by atoms with Crippen LogP contribution in [0.1, 0.15) is 39.0 Å². The van der Waals surface area contributed by atoms with Gasteiger partial charge in [-0.3, -0.25) is 0 Å². The van der Waals surface area contributed by atoms with E-state index < -0.39 is 0 Å². The van der Waals surface area contributed by atoms with E-state index in [1.54, 1.807) is 0 Å². The molecule has 1 aliphatic rings. The first-order chi connectivity index (χ1) is 5.88. The lowest BCUT2D eigenvalue weighted by Gasteiger charge is -2.30. The first-order valence-electron chi connectivity index (χ1n) is 4.91. The molecular formula is C11H19N. The second kappa shape index (κ2) is 5.02. The zero-order valence-electron chi connectivity index (χ0n) is 8.00. The van der Waals surface area contributed by atoms with Gasteiger partial charge in [0.25, 0.3) is 0 Å². The Balaban J connectivity index is 2.45. The summed E-state index contributed by atoms with van der Waals surface area (Å²) >= 11 is 0. The third-order valence-electron chi connectivity index (χ3n) is 2.53. The maximum Gasteiger partial charge on any atom is 0.0330 e. The Hall–Kier alpha value is -0.720. The molecule has 1 rings (SSSR count). The van der Waals surface area contributed by atoms with E-state index in [0.29, 0.717) is 6.04 Å². The van der Waals surface area contributed by atoms with Gasteiger partial charge in [0.1, 0.15) is 0 Å². The number of allylic oxidation sites excluding steroid dienone is 1. The van der Waals surface area contributed by atoms with E-state index in [0.717, 1.165) is 0 Å². The van der Waals surface area contributed by atoms with Crippen LogP contribution in [0.4, 0.5) is 0 Å². The molecule has 0 atom stereocenters. The average Bonchev–Trinajstić information content (AvgIpc) is 2.15. The second-order valence-electron chi connectivity index (χ2n) is 3.40. The summed E-state index contributed by atoms with van der Waals surface area (Å²) in [6.45, 7) is 5.88. The summed E-state index contributed by atoms with van der Waals surface area (Å²) in [6, 6.07) is 0.715. The minimum atomic E-state index is 0.715. The van der Waals surface area contributed by atoms with Crippen molar-refractivity contribution in [2.75, 3.05) is 0 Å². The lowest BCUT2D eigenvalue weighted by Crippen LogP contribution is -2.27. The van der Waals surface area contributed by atoms with Crippen molar-refractivity contribution in [1.82, 2.24) is 4.90 Å². The zero-order valence-corrected chi connectivity index (χ0v) is 8.00. The van der Waals surface area contributed by atoms with Crippen LogP contribution in [0.3, 0.4) is 0 Å². The maximum absolute atomic E-state index is 3.83. The molecule has 0 aromatic carbocycles. The van der Waals surface area contributed by atoms with E-state index >= 15 is 0 Å². The van der Waals surface area contributed by atoms with Gasteiger partial charge in [-0.2, -0.15) is 0 Å². The molecule has 0 amide bonds. The Kier molecular flexibility index (Phi) is 3.92. The van der Waals surface area contributed by atoms with Gasteiger partial charge in [0.15, 0.2) is 0 Å². The normalized spacial score (nSPS) is 19.8. The summed E-state index contributed by atoms with van der Waals surface area (Å²) in [5.41, 5.74) is 0. The van der Waals surface area contributed by atoms with Crippen LogP contribution in [-0.2, 0) is 0 Å². The molecule has 1 fully saturated rings. The molecule has 12 heavy (non-hydrogen) atoms. The summed E-state index contributed by atoms with van der Waals surface area (Å²) in [6.07, 6.45) is 13.0. The van der Waals surface area contributed by atoms with Crippen molar-refractivity contribution in [3.05, 3.63) is 25.1 Å². The van der Waals surface area contributed by atoms with E-state index in [-0.39, 0.29) is 0 Å². The number of hydrogen-bond donors (Lipinski definition) is 0. The molecule has 0 spiro atoms. The van der Waals surface area contributed by atoms with Gasteiger partial charge < -0.3 is 4.90 Å². The van der Waals surface area contributed by atoms with Crippen molar-refractivity contribution in [3.63, 3.8) is 0 Å². The molecule has 68 valence electrons. The van der Waals surface area contributed by atoms with Crippen molar-refractivity contribution < 1.29 is 0 Å². The van der Waals surface area contributed by atoms with Gasteiger partial charge in [-0.1, -0.05) is 31.9 Å². The predicted octanol–water partition coefficient (Wildman–Crippen LogP) is 3.30. The molecule has 0 N–H and O–H groups in total. The molecular weight excluding hydrogens is 146 g/mol. The molecule has 0 saturated heterocycles. The lowest BCUT2D eigenvalue weighted by atomic mass is 9.94. The van der Waals surface area contributed by atoms with Crippen molar-refractivity contribution in [2.45, 2.75) is 45.1 Å². The molecule has 1 aliphatic carbocycles. The summed E-state index contributed by atoms with van der Waals surface area (Å²) < 4.78 is 0. The lowest BCUT2D eigenvalue weighted by molar-refractivity contribution is 0.278. The van der Waals surface area contributed by atoms with Crippen LogP contribution >= 0.6 is 0 Å². The maximum atomic E-state index is 3.83. The first kappa shape index (κ1) is 9.37. The number of nitrogens with zero attached hydrogens (tertiary/aromatic N) is 1. The minimum Gasteiger partial charge on any atom is -0.352 e. The Bertz CT molecular complexity index is 154. The van der Waals surface area contributed by atoms with E-state index in [4.69, 9.17) is 0 Å². The Morgan fingerprint density at radius 1 is 1.25 bits per heavy atom. The molecule has 1 nitrogen and oxygen atoms in total. The third kappa shape index (κ3) is 2.40. The van der Waals surface area contributed by atoms with Gasteiger partial charge in [0.05, 0.1) is 0 Å². The first-order valence-corrected chi connectivity index (χ1v) is 4.91. The molecule has 0 aliphatic heterocycles. The van der Waals surface area contributed by atoms with Crippen LogP contribution in [0.15, 0.2) is 25.1 Å². The van der Waals surface area contributed by atoms with Gasteiger partial charge in [0.2, 0.25) is 0 Å². The highest BCUT2D eigenvalue weighted by molar-refractivity contribution is 4.91. The van der Waals surface area contributed by atoms with E-state index in [9.17, 15) is 0 Å². The van der Waals surface area contributed by atoms with Gasteiger partial charge in [-0.25, -0.2) is 0 Å². The van der Waals surface area contributed by atoms with Crippen molar-refractivity contribution in [3.8, 4) is 0 Å². The fourth-order valence-corrected chi connectivity index (χ4v) is 1.88. The summed E-state index contributed by atoms with van der Waals surface area (Å²) in [5, 5.41) is 0. The molecule has 0 aromatic heterocycles. The predicted molar refractivity (Wildman–Crippen MR) is 53.7 cm³/mol. The van der Waals surface area contributed by atoms with Crippen LogP contribution in [-0.4, -0.2) is 10.9 Å². The van der Waals surface area contributed by atoms with Crippen LogP contribution in [0.5, 0.6) is 0 Å². The van der Waals surface area contributed by atoms with E-state index in [1.807, 2.05) is 6.20 Å². The summed E-state index contributed by atoms with van der Waals surface area (Å²) in [5.74, 6) is 0. The van der Waals surface area contributed by atoms with Crippen molar-refractivity contribution >= 4 is 0 Å². The quantitative estimate of drug-likeness (QED) is 0.620. The van der Waals surface area contributed by atoms with Crippen molar-refractivity contribution in [2.24, 2.45) is 0 Å². The number of hydrogen-bond acceptors (Lipinski definition) is 1. The highest BCUT2D eigenvalue weighted by Gasteiger charge is 2.15. The van der Waals surface area contributed by atoms with Crippen LogP contribution in [0, 0.1) is 0 Å². The van der Waals surface area contributed by atoms with E-state index in [1.165, 1.54) is 32.1 Å². The Morgan fingerprint density at radius 2 is 1.92 bits per heavy atom. The van der Waals surface area contributed by atoms with E-state index in [2.05, 4.69) is 30.7 Å². The second-order valence-corrected chi connectivity index (χ2v) is 3.40. The minimum absolute atomic E-state index is 0.715. The summed E-state index contributed by atoms with van der Waals surface area (Å²) in [7, 11) is 0. The largest absolute Gasteiger partial charge is 0.352 e. The fraction of sp³-hybridized carbons (Fsp3) is 0.636. The Labute approximate surface area is 75.8 Å². The smallest absolute Gasteiger partial charge is 0.0330 e. The standard InChI is InChI=1S/C11H19N/c1-3-10-12(4-2)11-8-6-5-7-9-11/h3-4,10-11H,2,5-9H2,1H3/b10-3-. The molecule has 1 saturated carbocycles.